The number of piperazine rings is 1. The number of imidazole rings is 1. The largest absolute Gasteiger partial charge is 0.344 e. The highest BCUT2D eigenvalue weighted by Gasteiger charge is 2.29. The fourth-order valence-electron chi connectivity index (χ4n) is 3.36. The second-order valence-corrected chi connectivity index (χ2v) is 9.07. The van der Waals surface area contributed by atoms with Crippen LogP contribution >= 0.6 is 11.3 Å². The minimum atomic E-state index is -0.818. The number of halogens is 1. The summed E-state index contributed by atoms with van der Waals surface area (Å²) >= 11 is 1.51. The van der Waals surface area contributed by atoms with Gasteiger partial charge < -0.3 is 9.80 Å². The van der Waals surface area contributed by atoms with Gasteiger partial charge in [-0.05, 0) is 38.1 Å². The topological polar surface area (TPSA) is 80.8 Å². The van der Waals surface area contributed by atoms with Crippen molar-refractivity contribution in [3.8, 4) is 17.3 Å². The van der Waals surface area contributed by atoms with Crippen LogP contribution in [0, 0.1) is 17.1 Å². The lowest BCUT2D eigenvalue weighted by Gasteiger charge is -2.36. The van der Waals surface area contributed by atoms with Gasteiger partial charge in [-0.15, -0.1) is 5.10 Å². The summed E-state index contributed by atoms with van der Waals surface area (Å²) in [6, 6.07) is 8.42. The van der Waals surface area contributed by atoms with Gasteiger partial charge in [-0.2, -0.15) is 5.26 Å². The molecule has 1 aromatic carbocycles. The summed E-state index contributed by atoms with van der Waals surface area (Å²) in [5, 5.41) is 14.8. The highest BCUT2D eigenvalue weighted by atomic mass is 32.1. The molecule has 1 aliphatic heterocycles. The Morgan fingerprint density at radius 2 is 1.94 bits per heavy atom. The van der Waals surface area contributed by atoms with Gasteiger partial charge >= 0.3 is 0 Å². The highest BCUT2D eigenvalue weighted by molar-refractivity contribution is 7.20. The Kier molecular flexibility index (Phi) is 5.64. The van der Waals surface area contributed by atoms with Crippen molar-refractivity contribution in [1.82, 2.24) is 24.4 Å². The normalized spacial score (nSPS) is 15.3. The molecule has 0 spiro atoms. The Balaban J connectivity index is 1.36. The fourth-order valence-corrected chi connectivity index (χ4v) is 4.29. The van der Waals surface area contributed by atoms with E-state index >= 15 is 0 Å². The molecule has 0 unspecified atom stereocenters. The van der Waals surface area contributed by atoms with E-state index in [0.29, 0.717) is 6.54 Å². The Bertz CT molecular complexity index is 1090. The van der Waals surface area contributed by atoms with Crippen molar-refractivity contribution in [2.24, 2.45) is 0 Å². The van der Waals surface area contributed by atoms with E-state index in [2.05, 4.69) is 26.0 Å². The summed E-state index contributed by atoms with van der Waals surface area (Å²) in [5.74, 6) is -0.326. The van der Waals surface area contributed by atoms with Crippen LogP contribution in [0.4, 0.5) is 9.52 Å². The molecule has 1 fully saturated rings. The SMILES string of the molecule is CN(C(=O)CN1CCN(c2nn3cc(-c4ccc(F)cc4)nc3s2)CC1)C(C)(C)C#N. The Hall–Kier alpha value is -3.03. The van der Waals surface area contributed by atoms with Crippen molar-refractivity contribution in [1.29, 1.82) is 5.26 Å². The minimum Gasteiger partial charge on any atom is -0.344 e. The monoisotopic (exact) mass is 441 g/mol. The number of benzene rings is 1. The average Bonchev–Trinajstić information content (AvgIpc) is 3.33. The maximum atomic E-state index is 13.1. The van der Waals surface area contributed by atoms with E-state index in [-0.39, 0.29) is 11.7 Å². The second kappa shape index (κ2) is 8.24. The molecule has 2 aromatic heterocycles. The highest BCUT2D eigenvalue weighted by Crippen LogP contribution is 2.27. The van der Waals surface area contributed by atoms with Crippen LogP contribution in [-0.2, 0) is 4.79 Å². The van der Waals surface area contributed by atoms with E-state index < -0.39 is 5.54 Å². The molecule has 0 saturated carbocycles. The van der Waals surface area contributed by atoms with E-state index in [0.717, 1.165) is 47.5 Å². The van der Waals surface area contributed by atoms with Crippen LogP contribution in [0.3, 0.4) is 0 Å². The number of carbonyl (C=O) groups excluding carboxylic acids is 1. The maximum absolute atomic E-state index is 13.1. The molecule has 162 valence electrons. The van der Waals surface area contributed by atoms with E-state index in [9.17, 15) is 14.4 Å². The second-order valence-electron chi connectivity index (χ2n) is 8.13. The molecule has 4 rings (SSSR count). The molecule has 0 radical (unpaired) electrons. The lowest BCUT2D eigenvalue weighted by molar-refractivity contribution is -0.134. The molecule has 0 bridgehead atoms. The number of nitrogens with zero attached hydrogens (tertiary/aromatic N) is 7. The standard InChI is InChI=1S/C21H24FN7OS/c1-21(2,14-23)26(3)18(30)13-27-8-10-28(11-9-27)20-25-29-12-17(24-19(29)31-20)15-4-6-16(22)7-5-15/h4-7,12H,8-11,13H2,1-3H3. The van der Waals surface area contributed by atoms with Crippen molar-refractivity contribution in [2.75, 3.05) is 44.7 Å². The molecule has 3 aromatic rings. The molecule has 1 amide bonds. The number of rotatable bonds is 5. The lowest BCUT2D eigenvalue weighted by Crippen LogP contribution is -2.52. The van der Waals surface area contributed by atoms with Crippen LogP contribution in [-0.4, -0.2) is 75.6 Å². The third-order valence-electron chi connectivity index (χ3n) is 5.66. The molecule has 0 atom stereocenters. The van der Waals surface area contributed by atoms with E-state index in [4.69, 9.17) is 0 Å². The van der Waals surface area contributed by atoms with Gasteiger partial charge in [0, 0.05) is 38.8 Å². The minimum absolute atomic E-state index is 0.0546. The maximum Gasteiger partial charge on any atom is 0.237 e. The van der Waals surface area contributed by atoms with Crippen molar-refractivity contribution in [2.45, 2.75) is 19.4 Å². The number of nitriles is 1. The molecular weight excluding hydrogens is 417 g/mol. The van der Waals surface area contributed by atoms with Crippen LogP contribution in [0.25, 0.3) is 16.2 Å². The third-order valence-corrected chi connectivity index (χ3v) is 6.64. The molecular formula is C21H24FN7OS. The third kappa shape index (κ3) is 4.38. The molecule has 3 heterocycles. The number of amides is 1. The van der Waals surface area contributed by atoms with Gasteiger partial charge in [-0.25, -0.2) is 13.9 Å². The summed E-state index contributed by atoms with van der Waals surface area (Å²) in [5.41, 5.74) is 0.794. The smallest absolute Gasteiger partial charge is 0.237 e. The van der Waals surface area contributed by atoms with Crippen LogP contribution < -0.4 is 4.90 Å². The van der Waals surface area contributed by atoms with Crippen LogP contribution in [0.2, 0.25) is 0 Å². The zero-order chi connectivity index (χ0) is 22.2. The van der Waals surface area contributed by atoms with Crippen molar-refractivity contribution in [3.05, 3.63) is 36.3 Å². The first-order valence-electron chi connectivity index (χ1n) is 10.0. The van der Waals surface area contributed by atoms with Gasteiger partial charge in [-0.3, -0.25) is 9.69 Å². The van der Waals surface area contributed by atoms with E-state index in [1.807, 2.05) is 6.20 Å². The molecule has 0 aliphatic carbocycles. The van der Waals surface area contributed by atoms with Gasteiger partial charge in [0.05, 0.1) is 24.5 Å². The molecule has 0 N–H and O–H groups in total. The summed E-state index contributed by atoms with van der Waals surface area (Å²) in [4.78, 5) is 23.7. The number of fused-ring (bicyclic) bond motifs is 1. The summed E-state index contributed by atoms with van der Waals surface area (Å²) in [6.07, 6.45) is 1.85. The number of hydrogen-bond acceptors (Lipinski definition) is 7. The summed E-state index contributed by atoms with van der Waals surface area (Å²) < 4.78 is 14.9. The Morgan fingerprint density at radius 3 is 2.55 bits per heavy atom. The predicted octanol–water partition coefficient (Wildman–Crippen LogP) is 2.48. The van der Waals surface area contributed by atoms with Gasteiger partial charge in [-0.1, -0.05) is 11.3 Å². The van der Waals surface area contributed by atoms with Crippen molar-refractivity contribution >= 4 is 27.3 Å². The predicted molar refractivity (Wildman–Crippen MR) is 117 cm³/mol. The number of anilines is 1. The van der Waals surface area contributed by atoms with Gasteiger partial charge in [0.1, 0.15) is 11.4 Å². The summed E-state index contributed by atoms with van der Waals surface area (Å²) in [7, 11) is 1.67. The van der Waals surface area contributed by atoms with Crippen molar-refractivity contribution < 1.29 is 9.18 Å². The number of likely N-dealkylation sites (N-methyl/N-ethyl adjacent to an activating group) is 1. The Labute approximate surface area is 184 Å². The van der Waals surface area contributed by atoms with E-state index in [1.165, 1.54) is 28.4 Å². The zero-order valence-corrected chi connectivity index (χ0v) is 18.6. The summed E-state index contributed by atoms with van der Waals surface area (Å²) in [6.45, 7) is 6.80. The van der Waals surface area contributed by atoms with Gasteiger partial charge in [0.15, 0.2) is 0 Å². The van der Waals surface area contributed by atoms with E-state index in [1.54, 1.807) is 37.5 Å². The first-order valence-corrected chi connectivity index (χ1v) is 10.9. The zero-order valence-electron chi connectivity index (χ0n) is 17.7. The van der Waals surface area contributed by atoms with Gasteiger partial charge in [0.25, 0.3) is 0 Å². The number of aromatic nitrogens is 3. The van der Waals surface area contributed by atoms with Crippen LogP contribution in [0.15, 0.2) is 30.5 Å². The molecule has 1 aliphatic rings. The average molecular weight is 442 g/mol. The molecule has 1 saturated heterocycles. The fraction of sp³-hybridized carbons (Fsp3) is 0.429. The molecule has 10 heteroatoms. The first kappa shape index (κ1) is 21.2. The Morgan fingerprint density at radius 1 is 1.26 bits per heavy atom. The van der Waals surface area contributed by atoms with Crippen LogP contribution in [0.5, 0.6) is 0 Å². The van der Waals surface area contributed by atoms with Gasteiger partial charge in [0.2, 0.25) is 16.0 Å². The quantitative estimate of drug-likeness (QED) is 0.605. The number of hydrogen-bond donors (Lipinski definition) is 0. The molecule has 8 nitrogen and oxygen atoms in total. The van der Waals surface area contributed by atoms with Crippen LogP contribution in [0.1, 0.15) is 13.8 Å². The first-order chi connectivity index (χ1) is 14.8. The number of carbonyl (C=O) groups is 1. The molecule has 31 heavy (non-hydrogen) atoms. The lowest BCUT2D eigenvalue weighted by atomic mass is 10.1. The van der Waals surface area contributed by atoms with Crippen molar-refractivity contribution in [3.63, 3.8) is 0 Å².